The highest BCUT2D eigenvalue weighted by molar-refractivity contribution is 9.10. The number of carboxylic acid groups (broad SMARTS) is 2. The molecule has 0 aliphatic heterocycles. The summed E-state index contributed by atoms with van der Waals surface area (Å²) in [4.78, 5) is 56.2. The average Bonchev–Trinajstić information content (AvgIpc) is 3.20. The average molecular weight is 923 g/mol. The zero-order valence-electron chi connectivity index (χ0n) is 34.5. The first-order valence-electron chi connectivity index (χ1n) is 21.9. The maximum atomic E-state index is 15.0. The van der Waals surface area contributed by atoms with Crippen LogP contribution in [0.25, 0.3) is 37.9 Å². The lowest BCUT2D eigenvalue weighted by molar-refractivity contribution is -0.135. The Hall–Kier alpha value is -3.50. The van der Waals surface area contributed by atoms with Crippen molar-refractivity contribution >= 4 is 93.5 Å². The zero-order chi connectivity index (χ0) is 41.7. The van der Waals surface area contributed by atoms with E-state index in [0.717, 1.165) is 65.6 Å². The number of hydrogen-bond acceptors (Lipinski definition) is 4. The number of unbranched alkanes of at least 4 members (excludes halogenated alkanes) is 18. The van der Waals surface area contributed by atoms with Crippen molar-refractivity contribution in [1.82, 2.24) is 10.6 Å². The molecule has 0 bridgehead atoms. The van der Waals surface area contributed by atoms with Gasteiger partial charge in [0.25, 0.3) is 0 Å². The molecule has 0 saturated carbocycles. The summed E-state index contributed by atoms with van der Waals surface area (Å²) in [6, 6.07) is 12.7. The van der Waals surface area contributed by atoms with Crippen molar-refractivity contribution in [1.29, 1.82) is 0 Å². The highest BCUT2D eigenvalue weighted by Crippen LogP contribution is 2.53. The lowest BCUT2D eigenvalue weighted by atomic mass is 9.69. The standard InChI is InChI=1S/C48H62Br2N2O6/c1-3-5-7-9-11-13-15-17-19-21-30-51-44(53)43-41(46(56)57)39-35(45(54)55)28-27-33-38-36(49)29-26-32-24-23-25-34(37(32)38)42(40(33)39)48(43,50)47(58)52-31-22-20-18-16-14-12-10-8-6-4-2/h23-29,43H,3-22,30-31H2,1-2H3,(H,51,53)(H,52,58)(H,54,55)(H,56,57). The lowest BCUT2D eigenvalue weighted by Gasteiger charge is -2.39. The van der Waals surface area contributed by atoms with Crippen LogP contribution in [0.1, 0.15) is 158 Å². The zero-order valence-corrected chi connectivity index (χ0v) is 37.6. The van der Waals surface area contributed by atoms with Crippen LogP contribution in [0.15, 0.2) is 46.9 Å². The summed E-state index contributed by atoms with van der Waals surface area (Å²) in [7, 11) is 0. The summed E-state index contributed by atoms with van der Waals surface area (Å²) in [5.41, 5.74) is -0.238. The third kappa shape index (κ3) is 10.3. The van der Waals surface area contributed by atoms with Gasteiger partial charge < -0.3 is 20.8 Å². The second-order valence-corrected chi connectivity index (χ2v) is 18.3. The van der Waals surface area contributed by atoms with Gasteiger partial charge in [-0.3, -0.25) is 9.59 Å². The van der Waals surface area contributed by atoms with Crippen LogP contribution in [0, 0.1) is 5.92 Å². The van der Waals surface area contributed by atoms with Gasteiger partial charge in [-0.2, -0.15) is 0 Å². The number of rotatable bonds is 26. The summed E-state index contributed by atoms with van der Waals surface area (Å²) < 4.78 is -1.13. The third-order valence-electron chi connectivity index (χ3n) is 12.0. The first kappa shape index (κ1) is 45.6. The van der Waals surface area contributed by atoms with Gasteiger partial charge in [-0.25, -0.2) is 9.59 Å². The number of aromatic carboxylic acids is 1. The van der Waals surface area contributed by atoms with Crippen molar-refractivity contribution in [3.8, 4) is 0 Å². The number of amides is 2. The van der Waals surface area contributed by atoms with Gasteiger partial charge in [0.15, 0.2) is 0 Å². The fourth-order valence-corrected chi connectivity index (χ4v) is 10.5. The molecule has 314 valence electrons. The van der Waals surface area contributed by atoms with Crippen molar-refractivity contribution < 1.29 is 29.4 Å². The van der Waals surface area contributed by atoms with Crippen molar-refractivity contribution in [2.45, 2.75) is 147 Å². The topological polar surface area (TPSA) is 133 Å². The quantitative estimate of drug-likeness (QED) is 0.0215. The lowest BCUT2D eigenvalue weighted by Crippen LogP contribution is -2.55. The third-order valence-corrected chi connectivity index (χ3v) is 13.9. The molecule has 4 N–H and O–H groups in total. The molecule has 0 heterocycles. The maximum absolute atomic E-state index is 15.0. The van der Waals surface area contributed by atoms with Crippen molar-refractivity contribution in [3.05, 3.63) is 63.3 Å². The van der Waals surface area contributed by atoms with E-state index < -0.39 is 39.6 Å². The molecular formula is C48H62Br2N2O6. The molecule has 2 atom stereocenters. The van der Waals surface area contributed by atoms with Crippen LogP contribution in [0.3, 0.4) is 0 Å². The van der Waals surface area contributed by atoms with E-state index in [-0.39, 0.29) is 10.8 Å². The van der Waals surface area contributed by atoms with Crippen LogP contribution < -0.4 is 15.9 Å². The molecule has 0 spiro atoms. The normalized spacial score (nSPS) is 16.3. The predicted octanol–water partition coefficient (Wildman–Crippen LogP) is 11.9. The van der Waals surface area contributed by atoms with Crippen molar-refractivity contribution in [2.24, 2.45) is 5.92 Å². The van der Waals surface area contributed by atoms with E-state index in [1.54, 1.807) is 6.07 Å². The molecule has 1 aliphatic rings. The molecule has 0 radical (unpaired) electrons. The van der Waals surface area contributed by atoms with E-state index in [1.165, 1.54) is 83.1 Å². The van der Waals surface area contributed by atoms with Crippen LogP contribution in [-0.2, 0) is 18.7 Å². The highest BCUT2D eigenvalue weighted by Gasteiger charge is 2.56. The predicted molar refractivity (Wildman–Crippen MR) is 244 cm³/mol. The SMILES string of the molecule is CCCCCCCCCCCCNC(=O)C1C(C(=O)O)=c2c(C(=O)O)ccc3c2c(c2cccc4ccc(Br)c3c42)C1(Br)C(=O)NCCCCCCCCCCCC. The minimum atomic E-state index is -1.88. The summed E-state index contributed by atoms with van der Waals surface area (Å²) >= 11 is 7.57. The van der Waals surface area contributed by atoms with Crippen molar-refractivity contribution in [3.63, 3.8) is 0 Å². The van der Waals surface area contributed by atoms with Crippen LogP contribution in [0.2, 0.25) is 0 Å². The molecule has 1 aliphatic carbocycles. The van der Waals surface area contributed by atoms with Gasteiger partial charge in [-0.1, -0.05) is 192 Å². The molecule has 0 fully saturated rings. The Bertz CT molecular complexity index is 2130. The molecule has 0 saturated heterocycles. The number of carbonyl (C=O) groups excluding carboxylic acids is 2. The molecule has 2 amide bonds. The Morgan fingerprint density at radius 2 is 1.14 bits per heavy atom. The molecule has 58 heavy (non-hydrogen) atoms. The Kier molecular flexibility index (Phi) is 17.4. The summed E-state index contributed by atoms with van der Waals surface area (Å²) in [6.07, 6.45) is 22.7. The van der Waals surface area contributed by atoms with E-state index >= 15 is 0 Å². The van der Waals surface area contributed by atoms with Gasteiger partial charge in [0.1, 0.15) is 4.32 Å². The van der Waals surface area contributed by atoms with Gasteiger partial charge in [-0.05, 0) is 57.5 Å². The Morgan fingerprint density at radius 1 is 0.603 bits per heavy atom. The van der Waals surface area contributed by atoms with Gasteiger partial charge in [0, 0.05) is 28.2 Å². The molecule has 10 heteroatoms. The largest absolute Gasteiger partial charge is 0.478 e. The van der Waals surface area contributed by atoms with E-state index in [4.69, 9.17) is 0 Å². The Labute approximate surface area is 360 Å². The van der Waals surface area contributed by atoms with Crippen molar-refractivity contribution in [2.75, 3.05) is 13.1 Å². The van der Waals surface area contributed by atoms with Crippen LogP contribution >= 0.6 is 31.9 Å². The number of fused-ring (bicyclic) bond motifs is 2. The number of benzene rings is 4. The molecule has 4 aromatic carbocycles. The summed E-state index contributed by atoms with van der Waals surface area (Å²) in [5, 5.41) is 31.7. The summed E-state index contributed by atoms with van der Waals surface area (Å²) in [5.74, 6) is -5.50. The molecular weight excluding hydrogens is 860 g/mol. The monoisotopic (exact) mass is 920 g/mol. The Morgan fingerprint density at radius 3 is 1.67 bits per heavy atom. The van der Waals surface area contributed by atoms with Gasteiger partial charge in [0.2, 0.25) is 11.8 Å². The second kappa shape index (κ2) is 22.2. The minimum absolute atomic E-state index is 0.0393. The molecule has 4 aromatic rings. The smallest absolute Gasteiger partial charge is 0.336 e. The van der Waals surface area contributed by atoms with E-state index in [0.29, 0.717) is 41.2 Å². The molecule has 0 aromatic heterocycles. The van der Waals surface area contributed by atoms with Gasteiger partial charge >= 0.3 is 11.9 Å². The van der Waals surface area contributed by atoms with E-state index in [2.05, 4.69) is 56.3 Å². The molecule has 8 nitrogen and oxygen atoms in total. The highest BCUT2D eigenvalue weighted by atomic mass is 79.9. The number of alkyl halides is 1. The Balaban J connectivity index is 1.50. The summed E-state index contributed by atoms with van der Waals surface area (Å²) in [6.45, 7) is 5.10. The van der Waals surface area contributed by atoms with E-state index in [9.17, 15) is 29.4 Å². The first-order valence-corrected chi connectivity index (χ1v) is 23.5. The minimum Gasteiger partial charge on any atom is -0.478 e. The fraction of sp³-hybridized carbons (Fsp3) is 0.542. The number of nitrogens with one attached hydrogen (secondary N) is 2. The molecule has 2 unspecified atom stereocenters. The van der Waals surface area contributed by atoms with Crippen LogP contribution in [0.4, 0.5) is 0 Å². The number of hydrogen-bond donors (Lipinski definition) is 4. The first-order chi connectivity index (χ1) is 28.1. The van der Waals surface area contributed by atoms with Crippen LogP contribution in [-0.4, -0.2) is 47.1 Å². The number of aliphatic carboxylic acids is 1. The van der Waals surface area contributed by atoms with Crippen LogP contribution in [0.5, 0.6) is 0 Å². The van der Waals surface area contributed by atoms with Gasteiger partial charge in [0.05, 0.1) is 17.1 Å². The fourth-order valence-electron chi connectivity index (χ4n) is 9.01. The number of carboxylic acids is 2. The van der Waals surface area contributed by atoms with Gasteiger partial charge in [-0.15, -0.1) is 0 Å². The second-order valence-electron chi connectivity index (χ2n) is 16.2. The molecule has 5 rings (SSSR count). The maximum Gasteiger partial charge on any atom is 0.336 e. The van der Waals surface area contributed by atoms with E-state index in [1.807, 2.05) is 30.3 Å². The number of halogens is 2. The number of carbonyl (C=O) groups is 4.